The van der Waals surface area contributed by atoms with E-state index in [0.29, 0.717) is 30.0 Å². The van der Waals surface area contributed by atoms with Crippen LogP contribution in [0.15, 0.2) is 18.3 Å². The summed E-state index contributed by atoms with van der Waals surface area (Å²) in [5, 5.41) is 0. The van der Waals surface area contributed by atoms with Crippen LogP contribution < -0.4 is 0 Å². The Balaban J connectivity index is 2.11. The second kappa shape index (κ2) is 5.93. The molecule has 2 rings (SSSR count). The van der Waals surface area contributed by atoms with Crippen LogP contribution in [0.2, 0.25) is 0 Å². The van der Waals surface area contributed by atoms with Crippen LogP contribution in [0.25, 0.3) is 0 Å². The maximum Gasteiger partial charge on any atom is 0.339 e. The summed E-state index contributed by atoms with van der Waals surface area (Å²) < 4.78 is 4.75. The van der Waals surface area contributed by atoms with Crippen LogP contribution in [0.4, 0.5) is 0 Å². The molecule has 1 saturated heterocycles. The molecule has 1 fully saturated rings. The molecule has 5 nitrogen and oxygen atoms in total. The number of carbonyl (C=O) groups excluding carboxylic acids is 2. The number of Topliss-reactive ketones (excluding diaryl/α,β-unsaturated/α-hetero) is 1. The predicted octanol–water partition coefficient (Wildman–Crippen LogP) is 1.28. The van der Waals surface area contributed by atoms with E-state index < -0.39 is 0 Å². The van der Waals surface area contributed by atoms with Crippen LogP contribution in [-0.2, 0) is 16.1 Å². The quantitative estimate of drug-likeness (QED) is 0.768. The van der Waals surface area contributed by atoms with Gasteiger partial charge in [-0.2, -0.15) is 0 Å². The summed E-state index contributed by atoms with van der Waals surface area (Å²) in [6.45, 7) is 3.95. The fourth-order valence-electron chi connectivity index (χ4n) is 2.31. The Labute approximate surface area is 112 Å². The molecule has 0 bridgehead atoms. The minimum absolute atomic E-state index is 0.0547. The molecule has 1 atom stereocenters. The lowest BCUT2D eigenvalue weighted by atomic mass is 9.98. The topological polar surface area (TPSA) is 59.5 Å². The highest BCUT2D eigenvalue weighted by Crippen LogP contribution is 2.16. The van der Waals surface area contributed by atoms with Crippen LogP contribution in [-0.4, -0.2) is 41.8 Å². The highest BCUT2D eigenvalue weighted by atomic mass is 16.5. The Morgan fingerprint density at radius 3 is 3.05 bits per heavy atom. The molecule has 1 unspecified atom stereocenters. The fraction of sp³-hybridized carbons (Fsp3) is 0.500. The van der Waals surface area contributed by atoms with Crippen molar-refractivity contribution in [2.75, 3.05) is 20.2 Å². The van der Waals surface area contributed by atoms with Gasteiger partial charge in [-0.05, 0) is 12.1 Å². The van der Waals surface area contributed by atoms with E-state index in [0.717, 1.165) is 13.1 Å². The summed E-state index contributed by atoms with van der Waals surface area (Å²) in [5.74, 6) is -0.00580. The maximum atomic E-state index is 11.7. The van der Waals surface area contributed by atoms with E-state index in [9.17, 15) is 9.59 Å². The molecule has 1 aliphatic rings. The molecule has 0 aliphatic carbocycles. The number of hydrogen-bond donors (Lipinski definition) is 0. The lowest BCUT2D eigenvalue weighted by molar-refractivity contribution is -0.125. The highest BCUT2D eigenvalue weighted by Gasteiger charge is 2.24. The summed E-state index contributed by atoms with van der Waals surface area (Å²) in [4.78, 5) is 29.6. The highest BCUT2D eigenvalue weighted by molar-refractivity contribution is 5.90. The van der Waals surface area contributed by atoms with E-state index in [-0.39, 0.29) is 11.9 Å². The number of methoxy groups -OCH3 is 1. The molecule has 0 radical (unpaired) electrons. The number of piperidine rings is 1. The van der Waals surface area contributed by atoms with Crippen LogP contribution in [0.1, 0.15) is 29.4 Å². The smallest absolute Gasteiger partial charge is 0.339 e. The minimum Gasteiger partial charge on any atom is -0.465 e. The van der Waals surface area contributed by atoms with Gasteiger partial charge in [-0.15, -0.1) is 0 Å². The molecular formula is C14H18N2O3. The first-order valence-electron chi connectivity index (χ1n) is 6.39. The van der Waals surface area contributed by atoms with E-state index in [1.807, 2.05) is 6.92 Å². The van der Waals surface area contributed by atoms with Gasteiger partial charge in [0.05, 0.1) is 18.4 Å². The van der Waals surface area contributed by atoms with Crippen molar-refractivity contribution in [3.8, 4) is 0 Å². The molecule has 0 amide bonds. The average Bonchev–Trinajstić information content (AvgIpc) is 2.43. The van der Waals surface area contributed by atoms with E-state index in [4.69, 9.17) is 4.74 Å². The number of nitrogens with zero attached hydrogens (tertiary/aromatic N) is 2. The van der Waals surface area contributed by atoms with Crippen molar-refractivity contribution < 1.29 is 14.3 Å². The molecule has 19 heavy (non-hydrogen) atoms. The summed E-state index contributed by atoms with van der Waals surface area (Å²) in [5.41, 5.74) is 1.20. The Kier molecular flexibility index (Phi) is 4.27. The fourth-order valence-corrected chi connectivity index (χ4v) is 2.31. The molecule has 2 heterocycles. The number of pyridine rings is 1. The number of esters is 1. The molecule has 0 saturated carbocycles. The van der Waals surface area contributed by atoms with Crippen molar-refractivity contribution >= 4 is 11.8 Å². The van der Waals surface area contributed by atoms with Gasteiger partial charge in [0.2, 0.25) is 0 Å². The van der Waals surface area contributed by atoms with E-state index in [1.54, 1.807) is 18.3 Å². The second-order valence-corrected chi connectivity index (χ2v) is 4.84. The monoisotopic (exact) mass is 262 g/mol. The van der Waals surface area contributed by atoms with Gasteiger partial charge in [-0.1, -0.05) is 6.92 Å². The predicted molar refractivity (Wildman–Crippen MR) is 69.6 cm³/mol. The number of hydrogen-bond acceptors (Lipinski definition) is 5. The van der Waals surface area contributed by atoms with Gasteiger partial charge in [0, 0.05) is 38.2 Å². The lowest BCUT2D eigenvalue weighted by Gasteiger charge is -2.29. The van der Waals surface area contributed by atoms with Crippen LogP contribution in [0, 0.1) is 5.92 Å². The normalized spacial score (nSPS) is 20.3. The number of rotatable bonds is 3. The summed E-state index contributed by atoms with van der Waals surface area (Å²) in [6.07, 6.45) is 2.24. The van der Waals surface area contributed by atoms with Gasteiger partial charge >= 0.3 is 5.97 Å². The summed E-state index contributed by atoms with van der Waals surface area (Å²) >= 11 is 0. The minimum atomic E-state index is -0.371. The third-order valence-electron chi connectivity index (χ3n) is 3.43. The number of aromatic nitrogens is 1. The molecule has 1 aliphatic heterocycles. The van der Waals surface area contributed by atoms with Gasteiger partial charge in [-0.25, -0.2) is 4.79 Å². The summed E-state index contributed by atoms with van der Waals surface area (Å²) in [6, 6.07) is 3.44. The molecule has 0 aromatic carbocycles. The number of ketones is 1. The zero-order chi connectivity index (χ0) is 13.8. The Bertz CT molecular complexity index is 487. The van der Waals surface area contributed by atoms with Gasteiger partial charge in [-0.3, -0.25) is 14.7 Å². The first-order chi connectivity index (χ1) is 9.11. The molecular weight excluding hydrogens is 244 g/mol. The first-order valence-corrected chi connectivity index (χ1v) is 6.39. The van der Waals surface area contributed by atoms with Crippen LogP contribution in [0.3, 0.4) is 0 Å². The van der Waals surface area contributed by atoms with Crippen LogP contribution in [0.5, 0.6) is 0 Å². The molecule has 102 valence electrons. The van der Waals surface area contributed by atoms with E-state index in [1.165, 1.54) is 7.11 Å². The van der Waals surface area contributed by atoms with E-state index in [2.05, 4.69) is 9.88 Å². The van der Waals surface area contributed by atoms with Gasteiger partial charge in [0.1, 0.15) is 5.78 Å². The SMILES string of the molecule is COC(=O)c1cccnc1CN1CCC(=O)C(C)C1. The third-order valence-corrected chi connectivity index (χ3v) is 3.43. The van der Waals surface area contributed by atoms with Crippen molar-refractivity contribution in [2.45, 2.75) is 19.9 Å². The third kappa shape index (κ3) is 3.17. The van der Waals surface area contributed by atoms with Crippen molar-refractivity contribution in [2.24, 2.45) is 5.92 Å². The molecule has 5 heteroatoms. The van der Waals surface area contributed by atoms with Crippen molar-refractivity contribution in [1.82, 2.24) is 9.88 Å². The Morgan fingerprint density at radius 1 is 1.58 bits per heavy atom. The van der Waals surface area contributed by atoms with Crippen molar-refractivity contribution in [3.63, 3.8) is 0 Å². The van der Waals surface area contributed by atoms with Gasteiger partial charge in [0.25, 0.3) is 0 Å². The lowest BCUT2D eigenvalue weighted by Crippen LogP contribution is -2.39. The number of likely N-dealkylation sites (tertiary alicyclic amines) is 1. The molecule has 1 aromatic rings. The second-order valence-electron chi connectivity index (χ2n) is 4.84. The zero-order valence-corrected chi connectivity index (χ0v) is 11.3. The van der Waals surface area contributed by atoms with Gasteiger partial charge in [0.15, 0.2) is 0 Å². The summed E-state index contributed by atoms with van der Waals surface area (Å²) in [7, 11) is 1.36. The van der Waals surface area contributed by atoms with Crippen LogP contribution >= 0.6 is 0 Å². The van der Waals surface area contributed by atoms with Gasteiger partial charge < -0.3 is 4.74 Å². The zero-order valence-electron chi connectivity index (χ0n) is 11.3. The standard InChI is InChI=1S/C14H18N2O3/c1-10-8-16(7-5-13(10)17)9-12-11(14(18)19-2)4-3-6-15-12/h3-4,6,10H,5,7-9H2,1-2H3. The number of carbonyl (C=O) groups is 2. The Hall–Kier alpha value is -1.75. The number of ether oxygens (including phenoxy) is 1. The largest absolute Gasteiger partial charge is 0.465 e. The average molecular weight is 262 g/mol. The van der Waals surface area contributed by atoms with Crippen molar-refractivity contribution in [1.29, 1.82) is 0 Å². The molecule has 1 aromatic heterocycles. The molecule has 0 spiro atoms. The molecule has 0 N–H and O–H groups in total. The van der Waals surface area contributed by atoms with E-state index >= 15 is 0 Å². The Morgan fingerprint density at radius 2 is 2.37 bits per heavy atom. The first kappa shape index (κ1) is 13.7. The maximum absolute atomic E-state index is 11.7. The van der Waals surface area contributed by atoms with Crippen molar-refractivity contribution in [3.05, 3.63) is 29.6 Å².